The quantitative estimate of drug-likeness (QED) is 0.787. The summed E-state index contributed by atoms with van der Waals surface area (Å²) in [6.45, 7) is 10.5. The van der Waals surface area contributed by atoms with Crippen molar-refractivity contribution in [1.82, 2.24) is 0 Å². The van der Waals surface area contributed by atoms with Crippen LogP contribution in [0.5, 0.6) is 5.75 Å². The summed E-state index contributed by atoms with van der Waals surface area (Å²) in [5.41, 5.74) is 3.68. The third kappa shape index (κ3) is 2.28. The second kappa shape index (κ2) is 5.30. The molecule has 1 aromatic carbocycles. The first kappa shape index (κ1) is 12.7. The summed E-state index contributed by atoms with van der Waals surface area (Å²) >= 11 is 0. The summed E-state index contributed by atoms with van der Waals surface area (Å²) in [5, 5.41) is 0. The fourth-order valence-corrected chi connectivity index (χ4v) is 2.30. The van der Waals surface area contributed by atoms with E-state index in [1.807, 2.05) is 13.0 Å². The molecule has 2 heteroatoms. The normalized spacial score (nSPS) is 16.0. The monoisotopic (exact) mass is 243 g/mol. The van der Waals surface area contributed by atoms with E-state index in [2.05, 4.69) is 49.9 Å². The molecule has 0 N–H and O–H groups in total. The summed E-state index contributed by atoms with van der Waals surface area (Å²) in [7, 11) is 0. The standard InChI is InChI=1S/C16H21NO/c1-5-14-10-12(4)15-9-8-13(11-16(15)18-14)17(6-2)7-3/h5,8-11H,6-7H2,1-4H3/b14-5-. The molecular formula is C16H21NO. The van der Waals surface area contributed by atoms with Gasteiger partial charge in [-0.15, -0.1) is 0 Å². The van der Waals surface area contributed by atoms with Crippen molar-refractivity contribution in [2.75, 3.05) is 18.0 Å². The molecule has 96 valence electrons. The van der Waals surface area contributed by atoms with Crippen LogP contribution < -0.4 is 9.64 Å². The smallest absolute Gasteiger partial charge is 0.136 e. The Morgan fingerprint density at radius 2 is 1.94 bits per heavy atom. The van der Waals surface area contributed by atoms with Crippen LogP contribution in [-0.4, -0.2) is 13.1 Å². The Hall–Kier alpha value is -1.70. The van der Waals surface area contributed by atoms with Gasteiger partial charge in [0.15, 0.2) is 0 Å². The van der Waals surface area contributed by atoms with E-state index in [1.54, 1.807) is 0 Å². The molecule has 0 aliphatic carbocycles. The van der Waals surface area contributed by atoms with Gasteiger partial charge >= 0.3 is 0 Å². The van der Waals surface area contributed by atoms with Gasteiger partial charge in [0.1, 0.15) is 11.5 Å². The van der Waals surface area contributed by atoms with Crippen LogP contribution in [0.25, 0.3) is 5.57 Å². The molecule has 2 nitrogen and oxygen atoms in total. The van der Waals surface area contributed by atoms with Gasteiger partial charge in [-0.1, -0.05) is 0 Å². The van der Waals surface area contributed by atoms with E-state index in [-0.39, 0.29) is 0 Å². The van der Waals surface area contributed by atoms with Crippen molar-refractivity contribution in [3.05, 3.63) is 41.7 Å². The Bertz CT molecular complexity index is 496. The van der Waals surface area contributed by atoms with E-state index >= 15 is 0 Å². The van der Waals surface area contributed by atoms with Gasteiger partial charge in [-0.2, -0.15) is 0 Å². The third-order valence-corrected chi connectivity index (χ3v) is 3.39. The van der Waals surface area contributed by atoms with Crippen LogP contribution in [0.4, 0.5) is 5.69 Å². The minimum atomic E-state index is 0.927. The lowest BCUT2D eigenvalue weighted by Crippen LogP contribution is -2.21. The minimum absolute atomic E-state index is 0.927. The van der Waals surface area contributed by atoms with E-state index in [0.29, 0.717) is 0 Å². The molecule has 0 fully saturated rings. The highest BCUT2D eigenvalue weighted by molar-refractivity contribution is 5.75. The summed E-state index contributed by atoms with van der Waals surface area (Å²) in [4.78, 5) is 2.33. The van der Waals surface area contributed by atoms with Gasteiger partial charge in [0.2, 0.25) is 0 Å². The largest absolute Gasteiger partial charge is 0.457 e. The predicted octanol–water partition coefficient (Wildman–Crippen LogP) is 4.23. The summed E-state index contributed by atoms with van der Waals surface area (Å²) in [6.07, 6.45) is 4.08. The lowest BCUT2D eigenvalue weighted by molar-refractivity contribution is 0.437. The Kier molecular flexibility index (Phi) is 3.75. The molecule has 1 aromatic rings. The maximum Gasteiger partial charge on any atom is 0.136 e. The fraction of sp³-hybridized carbons (Fsp3) is 0.375. The molecule has 1 aliphatic rings. The zero-order valence-electron chi connectivity index (χ0n) is 11.7. The number of hydrogen-bond donors (Lipinski definition) is 0. The molecule has 2 rings (SSSR count). The first-order valence-electron chi connectivity index (χ1n) is 6.61. The van der Waals surface area contributed by atoms with Crippen molar-refractivity contribution in [2.45, 2.75) is 27.7 Å². The molecule has 18 heavy (non-hydrogen) atoms. The molecule has 0 spiro atoms. The molecule has 0 bridgehead atoms. The molecule has 1 heterocycles. The number of benzene rings is 1. The third-order valence-electron chi connectivity index (χ3n) is 3.39. The van der Waals surface area contributed by atoms with Gasteiger partial charge in [0.05, 0.1) is 0 Å². The Morgan fingerprint density at radius 3 is 2.56 bits per heavy atom. The molecular weight excluding hydrogens is 222 g/mol. The van der Waals surface area contributed by atoms with Crippen LogP contribution in [-0.2, 0) is 0 Å². The highest BCUT2D eigenvalue weighted by Gasteiger charge is 2.15. The van der Waals surface area contributed by atoms with Crippen molar-refractivity contribution >= 4 is 11.3 Å². The second-order valence-corrected chi connectivity index (χ2v) is 4.47. The van der Waals surface area contributed by atoms with Crippen molar-refractivity contribution in [2.24, 2.45) is 0 Å². The van der Waals surface area contributed by atoms with Crippen LogP contribution >= 0.6 is 0 Å². The van der Waals surface area contributed by atoms with Crippen LogP contribution in [0.3, 0.4) is 0 Å². The lowest BCUT2D eigenvalue weighted by Gasteiger charge is -2.24. The molecule has 0 aromatic heterocycles. The van der Waals surface area contributed by atoms with E-state index < -0.39 is 0 Å². The Balaban J connectivity index is 2.42. The molecule has 0 atom stereocenters. The molecule has 0 unspecified atom stereocenters. The summed E-state index contributed by atoms with van der Waals surface area (Å²) in [6, 6.07) is 6.47. The van der Waals surface area contributed by atoms with E-state index in [0.717, 1.165) is 24.6 Å². The molecule has 0 amide bonds. The average Bonchev–Trinajstić information content (AvgIpc) is 2.39. The number of fused-ring (bicyclic) bond motifs is 1. The highest BCUT2D eigenvalue weighted by Crippen LogP contribution is 2.35. The average molecular weight is 243 g/mol. The first-order valence-corrected chi connectivity index (χ1v) is 6.61. The summed E-state index contributed by atoms with van der Waals surface area (Å²) in [5.74, 6) is 1.89. The van der Waals surface area contributed by atoms with Crippen LogP contribution in [0.1, 0.15) is 33.3 Å². The molecule has 0 saturated carbocycles. The van der Waals surface area contributed by atoms with Gasteiger partial charge in [-0.3, -0.25) is 0 Å². The maximum absolute atomic E-state index is 5.89. The van der Waals surface area contributed by atoms with E-state index in [9.17, 15) is 0 Å². The topological polar surface area (TPSA) is 12.5 Å². The number of allylic oxidation sites excluding steroid dienone is 3. The number of rotatable bonds is 3. The van der Waals surface area contributed by atoms with E-state index in [4.69, 9.17) is 4.74 Å². The summed E-state index contributed by atoms with van der Waals surface area (Å²) < 4.78 is 5.89. The zero-order valence-corrected chi connectivity index (χ0v) is 11.7. The Labute approximate surface area is 110 Å². The van der Waals surface area contributed by atoms with Gasteiger partial charge in [-0.25, -0.2) is 0 Å². The van der Waals surface area contributed by atoms with Crippen molar-refractivity contribution < 1.29 is 4.74 Å². The molecule has 1 aliphatic heterocycles. The second-order valence-electron chi connectivity index (χ2n) is 4.47. The fourth-order valence-electron chi connectivity index (χ4n) is 2.30. The van der Waals surface area contributed by atoms with Crippen molar-refractivity contribution in [1.29, 1.82) is 0 Å². The zero-order chi connectivity index (χ0) is 13.1. The first-order chi connectivity index (χ1) is 8.69. The maximum atomic E-state index is 5.89. The van der Waals surface area contributed by atoms with Crippen molar-refractivity contribution in [3.8, 4) is 5.75 Å². The SMILES string of the molecule is C/C=C1/C=C(C)c2ccc(N(CC)CC)cc2O1. The lowest BCUT2D eigenvalue weighted by atomic mass is 10.0. The van der Waals surface area contributed by atoms with Crippen LogP contribution in [0.2, 0.25) is 0 Å². The predicted molar refractivity (Wildman–Crippen MR) is 78.0 cm³/mol. The van der Waals surface area contributed by atoms with Gasteiger partial charge in [0, 0.05) is 30.4 Å². The van der Waals surface area contributed by atoms with Gasteiger partial charge < -0.3 is 9.64 Å². The number of anilines is 1. The van der Waals surface area contributed by atoms with E-state index in [1.165, 1.54) is 16.8 Å². The number of nitrogens with zero attached hydrogens (tertiary/aromatic N) is 1. The van der Waals surface area contributed by atoms with Gasteiger partial charge in [-0.05, 0) is 57.6 Å². The van der Waals surface area contributed by atoms with Crippen molar-refractivity contribution in [3.63, 3.8) is 0 Å². The van der Waals surface area contributed by atoms with Crippen LogP contribution in [0.15, 0.2) is 36.1 Å². The molecule has 0 radical (unpaired) electrons. The highest BCUT2D eigenvalue weighted by atomic mass is 16.5. The number of hydrogen-bond acceptors (Lipinski definition) is 2. The van der Waals surface area contributed by atoms with Gasteiger partial charge in [0.25, 0.3) is 0 Å². The van der Waals surface area contributed by atoms with Crippen LogP contribution in [0, 0.1) is 0 Å². The molecule has 0 saturated heterocycles. The Morgan fingerprint density at radius 1 is 1.22 bits per heavy atom. The number of ether oxygens (including phenoxy) is 1. The minimum Gasteiger partial charge on any atom is -0.457 e.